The second kappa shape index (κ2) is 9.95. The van der Waals surface area contributed by atoms with E-state index in [2.05, 4.69) is 73.3 Å². The quantitative estimate of drug-likeness (QED) is 0.346. The fourth-order valence-electron chi connectivity index (χ4n) is 4.79. The van der Waals surface area contributed by atoms with Crippen molar-refractivity contribution in [1.29, 1.82) is 0 Å². The Morgan fingerprint density at radius 2 is 1.97 bits per heavy atom. The van der Waals surface area contributed by atoms with Gasteiger partial charge in [-0.15, -0.1) is 11.8 Å². The number of likely N-dealkylation sites (N-methyl/N-ethyl adjacent to an activating group) is 1. The number of nitrogens with zero attached hydrogens (tertiary/aromatic N) is 2. The third-order valence-electron chi connectivity index (χ3n) is 6.40. The Balaban J connectivity index is 0.00000240. The minimum atomic E-state index is 0. The lowest BCUT2D eigenvalue weighted by Gasteiger charge is -2.45. The number of hydrogen-bond donors (Lipinski definition) is 0. The van der Waals surface area contributed by atoms with E-state index in [0.29, 0.717) is 0 Å². The first-order chi connectivity index (χ1) is 13.6. The average molecular weight is 492 g/mol. The summed E-state index contributed by atoms with van der Waals surface area (Å²) in [6.07, 6.45) is 9.57. The van der Waals surface area contributed by atoms with Crippen LogP contribution in [0.5, 0.6) is 0 Å². The van der Waals surface area contributed by atoms with Gasteiger partial charge in [-0.3, -0.25) is 0 Å². The van der Waals surface area contributed by atoms with Gasteiger partial charge in [0, 0.05) is 27.7 Å². The Kier molecular flexibility index (Phi) is 7.82. The van der Waals surface area contributed by atoms with Gasteiger partial charge in [-0.05, 0) is 61.9 Å². The second-order valence-electron chi connectivity index (χ2n) is 8.17. The number of hydrogen-bond acceptors (Lipinski definition) is 3. The highest BCUT2D eigenvalue weighted by Crippen LogP contribution is 2.49. The molecule has 0 aromatic heterocycles. The monoisotopic (exact) mass is 490 g/mol. The lowest BCUT2D eigenvalue weighted by atomic mass is 9.96. The third kappa shape index (κ3) is 4.73. The molecule has 5 heteroatoms. The molecule has 0 saturated carbocycles. The Morgan fingerprint density at radius 3 is 2.76 bits per heavy atom. The Bertz CT molecular complexity index is 857. The largest absolute Gasteiger partial charge is 1.00 e. The number of halogens is 1. The number of likely N-dealkylation sites (tertiary alicyclic amines) is 1. The van der Waals surface area contributed by atoms with Crippen molar-refractivity contribution < 1.29 is 21.5 Å². The van der Waals surface area contributed by atoms with Crippen LogP contribution < -0.4 is 21.9 Å². The summed E-state index contributed by atoms with van der Waals surface area (Å²) in [7, 11) is 2.44. The predicted molar refractivity (Wildman–Crippen MR) is 124 cm³/mol. The van der Waals surface area contributed by atoms with Crippen molar-refractivity contribution in [3.8, 4) is 0 Å². The summed E-state index contributed by atoms with van der Waals surface area (Å²) >= 11 is 3.73. The van der Waals surface area contributed by atoms with Gasteiger partial charge in [0.15, 0.2) is 0 Å². The summed E-state index contributed by atoms with van der Waals surface area (Å²) in [5.41, 5.74) is 2.75. The highest BCUT2D eigenvalue weighted by atomic mass is 79.9. The summed E-state index contributed by atoms with van der Waals surface area (Å²) in [4.78, 5) is 6.67. The van der Waals surface area contributed by atoms with Crippen LogP contribution in [0.3, 0.4) is 0 Å². The fraction of sp³-hybridized carbons (Fsp3) is 0.417. The first-order valence-corrected chi connectivity index (χ1v) is 12.4. The number of piperidine rings is 1. The lowest BCUT2D eigenvalue weighted by molar-refractivity contribution is -0.933. The van der Waals surface area contributed by atoms with Crippen molar-refractivity contribution >= 4 is 34.9 Å². The molecule has 2 heterocycles. The number of para-hydroxylation sites is 1. The summed E-state index contributed by atoms with van der Waals surface area (Å²) < 4.78 is 1.16. The van der Waals surface area contributed by atoms with Gasteiger partial charge in [0.25, 0.3) is 0 Å². The van der Waals surface area contributed by atoms with Gasteiger partial charge >= 0.3 is 0 Å². The van der Waals surface area contributed by atoms with Crippen LogP contribution in [0.1, 0.15) is 25.7 Å². The minimum absolute atomic E-state index is 0. The molecule has 0 bridgehead atoms. The van der Waals surface area contributed by atoms with Crippen LogP contribution in [-0.4, -0.2) is 43.5 Å². The van der Waals surface area contributed by atoms with E-state index in [1.807, 2.05) is 23.5 Å². The number of benzene rings is 2. The van der Waals surface area contributed by atoms with Crippen molar-refractivity contribution in [2.45, 2.75) is 46.4 Å². The molecule has 2 aromatic rings. The van der Waals surface area contributed by atoms with Crippen LogP contribution in [-0.2, 0) is 0 Å². The maximum absolute atomic E-state index is 4.03. The molecule has 2 unspecified atom stereocenters. The molecule has 1 saturated heterocycles. The van der Waals surface area contributed by atoms with E-state index in [9.17, 15) is 0 Å². The molecular weight excluding hydrogens is 460 g/mol. The van der Waals surface area contributed by atoms with E-state index in [4.69, 9.17) is 0 Å². The molecule has 4 rings (SSSR count). The van der Waals surface area contributed by atoms with Crippen molar-refractivity contribution in [2.75, 3.05) is 37.8 Å². The number of anilines is 2. The summed E-state index contributed by atoms with van der Waals surface area (Å²) in [5, 5.41) is 0. The van der Waals surface area contributed by atoms with Crippen LogP contribution in [0.25, 0.3) is 0 Å². The molecule has 2 aliphatic heterocycles. The van der Waals surface area contributed by atoms with Crippen LogP contribution in [0.2, 0.25) is 0 Å². The number of rotatable bonds is 6. The van der Waals surface area contributed by atoms with Gasteiger partial charge in [0.1, 0.15) is 0 Å². The van der Waals surface area contributed by atoms with Gasteiger partial charge in [-0.2, -0.15) is 0 Å². The molecule has 0 amide bonds. The molecule has 156 valence electrons. The molecule has 0 spiro atoms. The summed E-state index contributed by atoms with van der Waals surface area (Å²) in [6.45, 7) is 7.49. The standard InChI is InChI=1S/C24H31N2S2.BrH/c1-4-16-26(2)17-8-7-9-19(26)14-15-25-21-10-5-6-11-23(21)28-24-13-12-20(27-3)18-22(24)25;/h4-6,10-13,18-19H,1,7-9,14-17H2,2-3H3;1H/q+1;/p-1. The number of thioether (sulfide) groups is 1. The fourth-order valence-corrected chi connectivity index (χ4v) is 6.30. The summed E-state index contributed by atoms with van der Waals surface area (Å²) in [5.74, 6) is 0. The highest BCUT2D eigenvalue weighted by molar-refractivity contribution is 8.00. The van der Waals surface area contributed by atoms with E-state index in [1.54, 1.807) is 0 Å². The molecule has 0 N–H and O–H groups in total. The topological polar surface area (TPSA) is 3.24 Å². The third-order valence-corrected chi connectivity index (χ3v) is 8.26. The van der Waals surface area contributed by atoms with Gasteiger partial charge in [-0.25, -0.2) is 0 Å². The number of quaternary nitrogens is 1. The Hall–Kier alpha value is -0.880. The molecular formula is C24H31BrN2S2. The van der Waals surface area contributed by atoms with E-state index in [1.165, 1.54) is 58.3 Å². The SMILES string of the molecule is C=CC[N+]1(C)CCCCC1CCN1c2ccccc2Sc2ccc(SC)cc21.[Br-]. The molecule has 2 aromatic carbocycles. The zero-order chi connectivity index (χ0) is 19.6. The van der Waals surface area contributed by atoms with Gasteiger partial charge in [-0.1, -0.05) is 30.5 Å². The Morgan fingerprint density at radius 1 is 1.17 bits per heavy atom. The molecule has 1 fully saturated rings. The zero-order valence-electron chi connectivity index (χ0n) is 17.4. The molecule has 2 atom stereocenters. The van der Waals surface area contributed by atoms with Gasteiger partial charge < -0.3 is 26.4 Å². The van der Waals surface area contributed by atoms with Crippen molar-refractivity contribution in [3.63, 3.8) is 0 Å². The molecule has 2 nitrogen and oxygen atoms in total. The predicted octanol–water partition coefficient (Wildman–Crippen LogP) is 3.59. The number of fused-ring (bicyclic) bond motifs is 2. The molecule has 0 radical (unpaired) electrons. The van der Waals surface area contributed by atoms with Crippen LogP contribution in [0.4, 0.5) is 11.4 Å². The van der Waals surface area contributed by atoms with E-state index < -0.39 is 0 Å². The summed E-state index contributed by atoms with van der Waals surface area (Å²) in [6, 6.07) is 16.5. The maximum Gasteiger partial charge on any atom is 0.0971 e. The van der Waals surface area contributed by atoms with Crippen LogP contribution in [0, 0.1) is 0 Å². The van der Waals surface area contributed by atoms with Crippen LogP contribution >= 0.6 is 23.5 Å². The van der Waals surface area contributed by atoms with Crippen molar-refractivity contribution in [3.05, 3.63) is 55.1 Å². The first-order valence-electron chi connectivity index (χ1n) is 10.3. The molecule has 0 aliphatic carbocycles. The highest BCUT2D eigenvalue weighted by Gasteiger charge is 2.35. The lowest BCUT2D eigenvalue weighted by Crippen LogP contribution is -3.00. The van der Waals surface area contributed by atoms with Gasteiger partial charge in [0.2, 0.25) is 0 Å². The first kappa shape index (κ1) is 22.8. The molecule has 29 heavy (non-hydrogen) atoms. The Labute approximate surface area is 195 Å². The van der Waals surface area contributed by atoms with Crippen molar-refractivity contribution in [2.24, 2.45) is 0 Å². The normalized spacial score (nSPS) is 23.0. The van der Waals surface area contributed by atoms with Crippen molar-refractivity contribution in [1.82, 2.24) is 0 Å². The minimum Gasteiger partial charge on any atom is -1.00 e. The smallest absolute Gasteiger partial charge is 0.0971 e. The van der Waals surface area contributed by atoms with Gasteiger partial charge in [0.05, 0.1) is 37.6 Å². The second-order valence-corrected chi connectivity index (χ2v) is 10.1. The van der Waals surface area contributed by atoms with Crippen LogP contribution in [0.15, 0.2) is 69.8 Å². The van der Waals surface area contributed by atoms with E-state index >= 15 is 0 Å². The van der Waals surface area contributed by atoms with E-state index in [0.717, 1.165) is 23.6 Å². The molecule has 2 aliphatic rings. The van der Waals surface area contributed by atoms with E-state index in [-0.39, 0.29) is 17.0 Å². The zero-order valence-corrected chi connectivity index (χ0v) is 20.7. The average Bonchev–Trinajstić information content (AvgIpc) is 2.72. The maximum atomic E-state index is 4.03.